The van der Waals surface area contributed by atoms with Crippen LogP contribution in [0.5, 0.6) is 5.75 Å². The third kappa shape index (κ3) is 6.05. The van der Waals surface area contributed by atoms with Crippen LogP contribution in [0.3, 0.4) is 0 Å². The van der Waals surface area contributed by atoms with Crippen LogP contribution in [0.15, 0.2) is 65.8 Å². The summed E-state index contributed by atoms with van der Waals surface area (Å²) in [6.07, 6.45) is 1.67. The number of benzene rings is 3. The summed E-state index contributed by atoms with van der Waals surface area (Å²) in [6, 6.07) is 18.3. The summed E-state index contributed by atoms with van der Waals surface area (Å²) < 4.78 is 5.91. The van der Waals surface area contributed by atoms with Crippen molar-refractivity contribution < 1.29 is 4.74 Å². The summed E-state index contributed by atoms with van der Waals surface area (Å²) >= 11 is 24.0. The lowest BCUT2D eigenvalue weighted by molar-refractivity contribution is 0.306. The first kappa shape index (κ1) is 20.8. The maximum Gasteiger partial charge on any atom is 0.128 e. The predicted molar refractivity (Wildman–Crippen MR) is 118 cm³/mol. The quantitative estimate of drug-likeness (QED) is 0.308. The van der Waals surface area contributed by atoms with Gasteiger partial charge in [0.1, 0.15) is 12.4 Å². The maximum absolute atomic E-state index is 6.11. The van der Waals surface area contributed by atoms with Crippen molar-refractivity contribution in [1.82, 2.24) is 5.43 Å². The number of hydrogen-bond donors (Lipinski definition) is 1. The van der Waals surface area contributed by atoms with Gasteiger partial charge in [-0.2, -0.15) is 5.10 Å². The van der Waals surface area contributed by atoms with Gasteiger partial charge in [-0.3, -0.25) is 0 Å². The van der Waals surface area contributed by atoms with Crippen LogP contribution in [-0.2, 0) is 13.2 Å². The van der Waals surface area contributed by atoms with Crippen molar-refractivity contribution in [2.45, 2.75) is 13.2 Å². The number of hydrazone groups is 1. The SMILES string of the molecule is Clc1ccc(CN/N=C\c2cc(Cl)ccc2OCc2ccc(Cl)c(Cl)c2)cc1. The van der Waals surface area contributed by atoms with Crippen LogP contribution in [-0.4, -0.2) is 6.21 Å². The molecule has 0 unspecified atom stereocenters. The zero-order valence-corrected chi connectivity index (χ0v) is 17.7. The largest absolute Gasteiger partial charge is 0.488 e. The molecule has 0 amide bonds. The molecule has 0 aliphatic rings. The van der Waals surface area contributed by atoms with E-state index in [-0.39, 0.29) is 0 Å². The van der Waals surface area contributed by atoms with Crippen molar-refractivity contribution >= 4 is 52.6 Å². The molecule has 0 aliphatic carbocycles. The summed E-state index contributed by atoms with van der Waals surface area (Å²) in [5.41, 5.74) is 5.74. The van der Waals surface area contributed by atoms with Crippen molar-refractivity contribution in [3.63, 3.8) is 0 Å². The molecule has 0 aromatic heterocycles. The molecule has 0 saturated carbocycles. The predicted octanol–water partition coefficient (Wildman–Crippen LogP) is 7.00. The van der Waals surface area contributed by atoms with E-state index in [9.17, 15) is 0 Å². The minimum atomic E-state index is 0.345. The number of hydrogen-bond acceptors (Lipinski definition) is 3. The fourth-order valence-electron chi connectivity index (χ4n) is 2.40. The van der Waals surface area contributed by atoms with Gasteiger partial charge in [0.2, 0.25) is 0 Å². The molecule has 0 atom stereocenters. The zero-order valence-electron chi connectivity index (χ0n) is 14.6. The summed E-state index contributed by atoms with van der Waals surface area (Å²) in [5.74, 6) is 0.660. The molecule has 28 heavy (non-hydrogen) atoms. The smallest absolute Gasteiger partial charge is 0.128 e. The fraction of sp³-hybridized carbons (Fsp3) is 0.0952. The normalized spacial score (nSPS) is 11.0. The van der Waals surface area contributed by atoms with Crippen LogP contribution in [0.2, 0.25) is 20.1 Å². The number of nitrogens with one attached hydrogen (secondary N) is 1. The molecule has 3 aromatic rings. The first-order valence-corrected chi connectivity index (χ1v) is 9.89. The Balaban J connectivity index is 1.64. The molecule has 0 fully saturated rings. The Morgan fingerprint density at radius 3 is 2.25 bits per heavy atom. The summed E-state index contributed by atoms with van der Waals surface area (Å²) in [5, 5.41) is 6.56. The number of nitrogens with zero attached hydrogens (tertiary/aromatic N) is 1. The van der Waals surface area contributed by atoms with E-state index in [2.05, 4.69) is 10.5 Å². The fourth-order valence-corrected chi connectivity index (χ4v) is 3.02. The van der Waals surface area contributed by atoms with Gasteiger partial charge in [-0.1, -0.05) is 64.6 Å². The van der Waals surface area contributed by atoms with Crippen LogP contribution in [0, 0.1) is 0 Å². The second-order valence-corrected chi connectivity index (χ2v) is 7.63. The van der Waals surface area contributed by atoms with E-state index in [0.29, 0.717) is 39.0 Å². The van der Waals surface area contributed by atoms with Crippen LogP contribution >= 0.6 is 46.4 Å². The van der Waals surface area contributed by atoms with Gasteiger partial charge < -0.3 is 10.2 Å². The van der Waals surface area contributed by atoms with Crippen LogP contribution in [0.25, 0.3) is 0 Å². The monoisotopic (exact) mass is 452 g/mol. The van der Waals surface area contributed by atoms with Gasteiger partial charge in [0, 0.05) is 15.6 Å². The van der Waals surface area contributed by atoms with Gasteiger partial charge in [-0.05, 0) is 53.6 Å². The van der Waals surface area contributed by atoms with Crippen LogP contribution < -0.4 is 10.2 Å². The topological polar surface area (TPSA) is 33.6 Å². The lowest BCUT2D eigenvalue weighted by Crippen LogP contribution is -2.06. The molecule has 0 heterocycles. The lowest BCUT2D eigenvalue weighted by atomic mass is 10.2. The zero-order chi connectivity index (χ0) is 19.9. The Kier molecular flexibility index (Phi) is 7.46. The average molecular weight is 454 g/mol. The van der Waals surface area contributed by atoms with E-state index in [1.807, 2.05) is 30.3 Å². The van der Waals surface area contributed by atoms with Crippen molar-refractivity contribution in [1.29, 1.82) is 0 Å². The van der Waals surface area contributed by atoms with Crippen LogP contribution in [0.1, 0.15) is 16.7 Å². The second kappa shape index (κ2) is 10.0. The Morgan fingerprint density at radius 1 is 0.786 bits per heavy atom. The molecular formula is C21H16Cl4N2O. The van der Waals surface area contributed by atoms with E-state index < -0.39 is 0 Å². The minimum absolute atomic E-state index is 0.345. The van der Waals surface area contributed by atoms with E-state index >= 15 is 0 Å². The third-order valence-electron chi connectivity index (χ3n) is 3.84. The molecule has 0 radical (unpaired) electrons. The Morgan fingerprint density at radius 2 is 1.50 bits per heavy atom. The molecule has 3 aromatic carbocycles. The standard InChI is InChI=1S/C21H16Cl4N2O/c22-17-4-1-14(2-5-17)11-26-27-12-16-10-18(23)6-8-21(16)28-13-15-3-7-19(24)20(25)9-15/h1-10,12,26H,11,13H2/b27-12-. The second-order valence-electron chi connectivity index (χ2n) is 5.94. The summed E-state index contributed by atoms with van der Waals surface area (Å²) in [4.78, 5) is 0. The Labute approximate surface area is 183 Å². The van der Waals surface area contributed by atoms with Crippen molar-refractivity contribution in [3.8, 4) is 5.75 Å². The van der Waals surface area contributed by atoms with E-state index in [4.69, 9.17) is 51.1 Å². The van der Waals surface area contributed by atoms with Gasteiger partial charge in [0.05, 0.1) is 22.8 Å². The molecule has 0 aliphatic heterocycles. The highest BCUT2D eigenvalue weighted by Gasteiger charge is 2.05. The third-order valence-corrected chi connectivity index (χ3v) is 5.07. The van der Waals surface area contributed by atoms with Crippen LogP contribution in [0.4, 0.5) is 0 Å². The van der Waals surface area contributed by atoms with Gasteiger partial charge >= 0.3 is 0 Å². The molecule has 0 bridgehead atoms. The molecule has 1 N–H and O–H groups in total. The molecular weight excluding hydrogens is 438 g/mol. The molecule has 0 spiro atoms. The molecule has 144 valence electrons. The van der Waals surface area contributed by atoms with Crippen molar-refractivity contribution in [2.24, 2.45) is 5.10 Å². The van der Waals surface area contributed by atoms with Gasteiger partial charge in [-0.25, -0.2) is 0 Å². The lowest BCUT2D eigenvalue weighted by Gasteiger charge is -2.10. The van der Waals surface area contributed by atoms with Gasteiger partial charge in [-0.15, -0.1) is 0 Å². The molecule has 3 nitrogen and oxygen atoms in total. The van der Waals surface area contributed by atoms with Gasteiger partial charge in [0.25, 0.3) is 0 Å². The molecule has 3 rings (SSSR count). The van der Waals surface area contributed by atoms with Crippen molar-refractivity contribution in [3.05, 3.63) is 97.4 Å². The highest BCUT2D eigenvalue weighted by molar-refractivity contribution is 6.42. The first-order chi connectivity index (χ1) is 13.5. The Hall–Kier alpha value is -1.91. The highest BCUT2D eigenvalue weighted by Crippen LogP contribution is 2.25. The molecule has 0 saturated heterocycles. The number of halogens is 4. The maximum atomic E-state index is 6.11. The minimum Gasteiger partial charge on any atom is -0.488 e. The van der Waals surface area contributed by atoms with E-state index in [1.54, 1.807) is 36.5 Å². The summed E-state index contributed by atoms with van der Waals surface area (Å²) in [6.45, 7) is 0.922. The molecule has 7 heteroatoms. The van der Waals surface area contributed by atoms with Crippen molar-refractivity contribution in [2.75, 3.05) is 0 Å². The number of ether oxygens (including phenoxy) is 1. The van der Waals surface area contributed by atoms with E-state index in [1.165, 1.54) is 0 Å². The average Bonchev–Trinajstić information content (AvgIpc) is 2.68. The highest BCUT2D eigenvalue weighted by atomic mass is 35.5. The van der Waals surface area contributed by atoms with Gasteiger partial charge in [0.15, 0.2) is 0 Å². The first-order valence-electron chi connectivity index (χ1n) is 8.38. The van der Waals surface area contributed by atoms with E-state index in [0.717, 1.165) is 16.7 Å². The number of rotatable bonds is 7. The Bertz CT molecular complexity index is 975. The summed E-state index contributed by atoms with van der Waals surface area (Å²) in [7, 11) is 0.